The number of epoxide rings is 1. The van der Waals surface area contributed by atoms with Crippen LogP contribution in [0.1, 0.15) is 46.1 Å². The van der Waals surface area contributed by atoms with Gasteiger partial charge in [-0.1, -0.05) is 44.2 Å². The number of nitrogens with zero attached hydrogens (tertiary/aromatic N) is 1. The van der Waals surface area contributed by atoms with E-state index in [9.17, 15) is 0 Å². The van der Waals surface area contributed by atoms with Crippen molar-refractivity contribution in [1.29, 1.82) is 0 Å². The molecule has 1 heterocycles. The lowest BCUT2D eigenvalue weighted by Crippen LogP contribution is -2.38. The Morgan fingerprint density at radius 2 is 2.05 bits per heavy atom. The highest BCUT2D eigenvalue weighted by Gasteiger charge is 2.34. The van der Waals surface area contributed by atoms with Gasteiger partial charge in [-0.3, -0.25) is 4.99 Å². The lowest BCUT2D eigenvalue weighted by Gasteiger charge is -2.35. The number of rotatable bonds is 9. The van der Waals surface area contributed by atoms with Gasteiger partial charge in [-0.2, -0.15) is 0 Å². The lowest BCUT2D eigenvalue weighted by atomic mass is 9.84. The third-order valence-corrected chi connectivity index (χ3v) is 4.72. The van der Waals surface area contributed by atoms with E-state index in [2.05, 4.69) is 44.8 Å². The number of hydrogen-bond donors (Lipinski definition) is 0. The molecular weight excluding hydrogens is 274 g/mol. The summed E-state index contributed by atoms with van der Waals surface area (Å²) in [5, 5.41) is 0. The highest BCUT2D eigenvalue weighted by atomic mass is 16.6. The van der Waals surface area contributed by atoms with Crippen molar-refractivity contribution >= 4 is 6.21 Å². The molecule has 1 fully saturated rings. The molecule has 0 amide bonds. The fraction of sp³-hybridized carbons (Fsp3) is 0.632. The van der Waals surface area contributed by atoms with Crippen LogP contribution in [0, 0.1) is 5.92 Å². The van der Waals surface area contributed by atoms with Gasteiger partial charge in [-0.05, 0) is 38.2 Å². The molecule has 1 aliphatic rings. The highest BCUT2D eigenvalue weighted by molar-refractivity contribution is 5.79. The molecule has 0 saturated carbocycles. The minimum atomic E-state index is -0.0948. The van der Waals surface area contributed by atoms with Crippen LogP contribution >= 0.6 is 0 Å². The molecule has 122 valence electrons. The van der Waals surface area contributed by atoms with Gasteiger partial charge >= 0.3 is 0 Å². The van der Waals surface area contributed by atoms with Crippen LogP contribution in [0.25, 0.3) is 0 Å². The molecule has 2 rings (SSSR count). The van der Waals surface area contributed by atoms with Gasteiger partial charge in [-0.15, -0.1) is 0 Å². The zero-order valence-electron chi connectivity index (χ0n) is 14.3. The minimum absolute atomic E-state index is 0.0948. The lowest BCUT2D eigenvalue weighted by molar-refractivity contribution is -0.0794. The SMILES string of the molecule is CCC(C)(OCC1CO1)C(C)CC(C)N=Cc1ccccc1. The van der Waals surface area contributed by atoms with Crippen LogP contribution in [0.4, 0.5) is 0 Å². The van der Waals surface area contributed by atoms with E-state index < -0.39 is 0 Å². The number of hydrogen-bond acceptors (Lipinski definition) is 3. The van der Waals surface area contributed by atoms with Gasteiger partial charge < -0.3 is 9.47 Å². The second-order valence-corrected chi connectivity index (χ2v) is 6.61. The molecule has 0 aromatic heterocycles. The van der Waals surface area contributed by atoms with Crippen molar-refractivity contribution in [1.82, 2.24) is 0 Å². The Labute approximate surface area is 134 Å². The van der Waals surface area contributed by atoms with E-state index in [-0.39, 0.29) is 5.60 Å². The summed E-state index contributed by atoms with van der Waals surface area (Å²) >= 11 is 0. The maximum atomic E-state index is 6.15. The fourth-order valence-corrected chi connectivity index (χ4v) is 2.61. The highest BCUT2D eigenvalue weighted by Crippen LogP contribution is 2.30. The second kappa shape index (κ2) is 7.89. The maximum absolute atomic E-state index is 6.15. The Bertz CT molecular complexity index is 470. The summed E-state index contributed by atoms with van der Waals surface area (Å²) in [6.45, 7) is 10.4. The summed E-state index contributed by atoms with van der Waals surface area (Å²) in [6, 6.07) is 10.6. The first kappa shape index (κ1) is 17.2. The van der Waals surface area contributed by atoms with Gasteiger partial charge in [0.1, 0.15) is 6.10 Å². The van der Waals surface area contributed by atoms with Crippen LogP contribution < -0.4 is 0 Å². The van der Waals surface area contributed by atoms with E-state index >= 15 is 0 Å². The number of benzene rings is 1. The van der Waals surface area contributed by atoms with Gasteiger partial charge in [0.15, 0.2) is 0 Å². The van der Waals surface area contributed by atoms with Crippen LogP contribution in [-0.4, -0.2) is 37.2 Å². The Hall–Kier alpha value is -1.19. The molecule has 4 atom stereocenters. The van der Waals surface area contributed by atoms with Crippen molar-refractivity contribution in [3.63, 3.8) is 0 Å². The van der Waals surface area contributed by atoms with E-state index in [0.29, 0.717) is 18.1 Å². The average molecular weight is 303 g/mol. The van der Waals surface area contributed by atoms with Crippen LogP contribution in [0.5, 0.6) is 0 Å². The van der Waals surface area contributed by atoms with Gasteiger partial charge in [0.05, 0.1) is 18.8 Å². The molecule has 1 aliphatic heterocycles. The average Bonchev–Trinajstić information content (AvgIpc) is 3.36. The quantitative estimate of drug-likeness (QED) is 0.508. The number of aliphatic imine (C=N–C) groups is 1. The van der Waals surface area contributed by atoms with E-state index in [0.717, 1.165) is 31.6 Å². The first-order chi connectivity index (χ1) is 10.5. The summed E-state index contributed by atoms with van der Waals surface area (Å²) < 4.78 is 11.4. The fourth-order valence-electron chi connectivity index (χ4n) is 2.61. The Morgan fingerprint density at radius 3 is 2.64 bits per heavy atom. The molecule has 4 unspecified atom stereocenters. The topological polar surface area (TPSA) is 34.1 Å². The molecule has 0 N–H and O–H groups in total. The van der Waals surface area contributed by atoms with Crippen molar-refractivity contribution < 1.29 is 9.47 Å². The molecule has 1 aromatic rings. The summed E-state index contributed by atoms with van der Waals surface area (Å²) in [5.41, 5.74) is 1.06. The zero-order valence-corrected chi connectivity index (χ0v) is 14.3. The van der Waals surface area contributed by atoms with E-state index in [4.69, 9.17) is 9.47 Å². The molecular formula is C19H29NO2. The molecule has 1 aromatic carbocycles. The maximum Gasteiger partial charge on any atom is 0.104 e. The Morgan fingerprint density at radius 1 is 1.36 bits per heavy atom. The second-order valence-electron chi connectivity index (χ2n) is 6.61. The van der Waals surface area contributed by atoms with Crippen molar-refractivity contribution in [2.45, 2.75) is 58.3 Å². The predicted octanol–water partition coefficient (Wildman–Crippen LogP) is 4.10. The first-order valence-electron chi connectivity index (χ1n) is 8.37. The Balaban J connectivity index is 1.85. The Kier molecular flexibility index (Phi) is 6.16. The number of ether oxygens (including phenoxy) is 2. The van der Waals surface area contributed by atoms with Crippen molar-refractivity contribution in [2.75, 3.05) is 13.2 Å². The van der Waals surface area contributed by atoms with Gasteiger partial charge in [0.25, 0.3) is 0 Å². The summed E-state index contributed by atoms with van der Waals surface area (Å²) in [7, 11) is 0. The van der Waals surface area contributed by atoms with E-state index in [1.165, 1.54) is 0 Å². The molecule has 0 bridgehead atoms. The predicted molar refractivity (Wildman–Crippen MR) is 91.7 cm³/mol. The summed E-state index contributed by atoms with van der Waals surface area (Å²) in [6.07, 6.45) is 4.33. The molecule has 0 aliphatic carbocycles. The molecule has 22 heavy (non-hydrogen) atoms. The first-order valence-corrected chi connectivity index (χ1v) is 8.37. The monoisotopic (exact) mass is 303 g/mol. The third-order valence-electron chi connectivity index (χ3n) is 4.72. The van der Waals surface area contributed by atoms with Crippen LogP contribution in [-0.2, 0) is 9.47 Å². The third kappa shape index (κ3) is 5.22. The molecule has 3 heteroatoms. The standard InChI is InChI=1S/C19H29NO2/c1-5-19(4,22-14-18-13-21-18)15(2)11-16(3)20-12-17-9-7-6-8-10-17/h6-10,12,15-16,18H,5,11,13-14H2,1-4H3. The van der Waals surface area contributed by atoms with E-state index in [1.54, 1.807) is 0 Å². The van der Waals surface area contributed by atoms with Crippen molar-refractivity contribution in [3.8, 4) is 0 Å². The largest absolute Gasteiger partial charge is 0.372 e. The van der Waals surface area contributed by atoms with Crippen molar-refractivity contribution in [2.24, 2.45) is 10.9 Å². The van der Waals surface area contributed by atoms with Gasteiger partial charge in [-0.25, -0.2) is 0 Å². The van der Waals surface area contributed by atoms with Crippen LogP contribution in [0.2, 0.25) is 0 Å². The van der Waals surface area contributed by atoms with Crippen molar-refractivity contribution in [3.05, 3.63) is 35.9 Å². The smallest absolute Gasteiger partial charge is 0.104 e. The normalized spacial score (nSPS) is 23.2. The summed E-state index contributed by atoms with van der Waals surface area (Å²) in [4.78, 5) is 4.68. The van der Waals surface area contributed by atoms with Crippen LogP contribution in [0.15, 0.2) is 35.3 Å². The molecule has 0 radical (unpaired) electrons. The van der Waals surface area contributed by atoms with Gasteiger partial charge in [0.2, 0.25) is 0 Å². The van der Waals surface area contributed by atoms with Crippen LogP contribution in [0.3, 0.4) is 0 Å². The molecule has 3 nitrogen and oxygen atoms in total. The van der Waals surface area contributed by atoms with E-state index in [1.807, 2.05) is 24.4 Å². The molecule has 0 spiro atoms. The summed E-state index contributed by atoms with van der Waals surface area (Å²) in [5.74, 6) is 0.458. The minimum Gasteiger partial charge on any atom is -0.372 e. The van der Waals surface area contributed by atoms with Gasteiger partial charge in [0, 0.05) is 12.3 Å². The molecule has 1 saturated heterocycles. The zero-order chi connectivity index (χ0) is 16.0.